The van der Waals surface area contributed by atoms with Crippen LogP contribution in [-0.4, -0.2) is 20.0 Å². The summed E-state index contributed by atoms with van der Waals surface area (Å²) in [6, 6.07) is 20.0. The SMILES string of the molecule is C(#Cc1ccccc1)c1ccccc1.CP(C)C.[CH]1[CH][CH][CH][CH]1.[CH]1[CH][CH][CH][CH]1.[Zr]. The van der Waals surface area contributed by atoms with Gasteiger partial charge in [0.2, 0.25) is 0 Å². The summed E-state index contributed by atoms with van der Waals surface area (Å²) in [6.45, 7) is 6.69. The Morgan fingerprint density at radius 2 is 0.655 bits per heavy atom. The van der Waals surface area contributed by atoms with Gasteiger partial charge >= 0.3 is 0 Å². The molecule has 2 aromatic carbocycles. The van der Waals surface area contributed by atoms with Crippen molar-refractivity contribution in [3.05, 3.63) is 136 Å². The summed E-state index contributed by atoms with van der Waals surface area (Å²) in [7, 11) is 0.380. The van der Waals surface area contributed by atoms with Crippen molar-refractivity contribution >= 4 is 7.92 Å². The van der Waals surface area contributed by atoms with Crippen molar-refractivity contribution in [1.82, 2.24) is 0 Å². The first-order valence-electron chi connectivity index (χ1n) is 9.25. The predicted molar refractivity (Wildman–Crippen MR) is 127 cm³/mol. The van der Waals surface area contributed by atoms with E-state index in [1.54, 1.807) is 0 Å². The average Bonchev–Trinajstić information content (AvgIpc) is 3.46. The fourth-order valence-corrected chi connectivity index (χ4v) is 1.83. The van der Waals surface area contributed by atoms with E-state index in [1.807, 2.05) is 125 Å². The number of hydrogen-bond acceptors (Lipinski definition) is 0. The molecule has 10 radical (unpaired) electrons. The Morgan fingerprint density at radius 3 is 0.862 bits per heavy atom. The molecule has 146 valence electrons. The Morgan fingerprint density at radius 1 is 0.448 bits per heavy atom. The second-order valence-electron chi connectivity index (χ2n) is 6.25. The normalized spacial score (nSPS) is 13.8. The Kier molecular flexibility index (Phi) is 20.1. The van der Waals surface area contributed by atoms with Crippen molar-refractivity contribution in [2.45, 2.75) is 0 Å². The average molecular weight is 476 g/mol. The standard InChI is InChI=1S/C14H10.2C5H5.C3H9P.Zr/c1-3-7-13(8-4-1)11-12-14-9-5-2-6-10-14;2*1-2-4-5-3-1;1-4(2)3;/h1-10H;2*1-5H;1-3H3;. The molecule has 0 unspecified atom stereocenters. The zero-order valence-electron chi connectivity index (χ0n) is 17.5. The molecule has 0 saturated heterocycles. The van der Waals surface area contributed by atoms with Gasteiger partial charge in [0.05, 0.1) is 0 Å². The van der Waals surface area contributed by atoms with Gasteiger partial charge in [0.1, 0.15) is 0 Å². The minimum atomic E-state index is 0. The Bertz CT molecular complexity index is 561. The molecular weight excluding hydrogens is 446 g/mol. The minimum Gasteiger partial charge on any atom is -0.116 e. The van der Waals surface area contributed by atoms with Crippen LogP contribution in [0.1, 0.15) is 11.1 Å². The fourth-order valence-electron chi connectivity index (χ4n) is 1.83. The summed E-state index contributed by atoms with van der Waals surface area (Å²) in [6.07, 6.45) is 20.0. The van der Waals surface area contributed by atoms with Gasteiger partial charge in [-0.05, 0) is 108 Å². The van der Waals surface area contributed by atoms with Gasteiger partial charge in [-0.15, -0.1) is 7.92 Å². The van der Waals surface area contributed by atoms with Crippen LogP contribution in [-0.2, 0) is 26.2 Å². The van der Waals surface area contributed by atoms with Gasteiger partial charge in [0, 0.05) is 37.3 Å². The molecule has 2 aliphatic rings. The van der Waals surface area contributed by atoms with Crippen molar-refractivity contribution in [3.8, 4) is 11.8 Å². The fraction of sp³-hybridized carbons (Fsp3) is 0.111. The molecule has 0 N–H and O–H groups in total. The van der Waals surface area contributed by atoms with E-state index in [-0.39, 0.29) is 26.2 Å². The van der Waals surface area contributed by atoms with E-state index in [0.717, 1.165) is 11.1 Å². The third kappa shape index (κ3) is 19.0. The zero-order valence-corrected chi connectivity index (χ0v) is 20.8. The summed E-state index contributed by atoms with van der Waals surface area (Å²) in [5.74, 6) is 6.22. The number of benzene rings is 2. The summed E-state index contributed by atoms with van der Waals surface area (Å²) in [4.78, 5) is 0. The van der Waals surface area contributed by atoms with Gasteiger partial charge < -0.3 is 0 Å². The quantitative estimate of drug-likeness (QED) is 0.302. The van der Waals surface area contributed by atoms with E-state index in [2.05, 4.69) is 31.8 Å². The van der Waals surface area contributed by atoms with E-state index in [4.69, 9.17) is 0 Å². The smallest absolute Gasteiger partial charge is 0.0249 e. The van der Waals surface area contributed by atoms with E-state index in [0.29, 0.717) is 7.92 Å². The van der Waals surface area contributed by atoms with E-state index in [9.17, 15) is 0 Å². The van der Waals surface area contributed by atoms with Crippen LogP contribution in [0.2, 0.25) is 0 Å². The monoisotopic (exact) mass is 474 g/mol. The Balaban J connectivity index is 0.000000430. The summed E-state index contributed by atoms with van der Waals surface area (Å²) in [5.41, 5.74) is 2.10. The molecule has 2 aromatic rings. The number of rotatable bonds is 0. The zero-order chi connectivity index (χ0) is 20.3. The molecule has 0 aliphatic heterocycles. The molecule has 2 aliphatic carbocycles. The van der Waals surface area contributed by atoms with Gasteiger partial charge in [0.25, 0.3) is 0 Å². The van der Waals surface area contributed by atoms with Gasteiger partial charge in [-0.2, -0.15) is 0 Å². The van der Waals surface area contributed by atoms with Gasteiger partial charge in [-0.25, -0.2) is 0 Å². The van der Waals surface area contributed by atoms with E-state index in [1.165, 1.54) is 0 Å². The second-order valence-corrected chi connectivity index (χ2v) is 8.93. The molecule has 0 spiro atoms. The van der Waals surface area contributed by atoms with Crippen molar-refractivity contribution in [2.24, 2.45) is 0 Å². The molecule has 2 fully saturated rings. The maximum absolute atomic E-state index is 3.11. The van der Waals surface area contributed by atoms with Gasteiger partial charge in [-0.3, -0.25) is 0 Å². The van der Waals surface area contributed by atoms with Gasteiger partial charge in [0.15, 0.2) is 0 Å². The Hall–Kier alpha value is -0.687. The van der Waals surface area contributed by atoms with Crippen LogP contribution in [0, 0.1) is 76.0 Å². The molecule has 0 nitrogen and oxygen atoms in total. The largest absolute Gasteiger partial charge is 0.116 e. The predicted octanol–water partition coefficient (Wildman–Crippen LogP) is 6.48. The van der Waals surface area contributed by atoms with Crippen LogP contribution >= 0.6 is 7.92 Å². The van der Waals surface area contributed by atoms with Crippen LogP contribution in [0.3, 0.4) is 0 Å². The van der Waals surface area contributed by atoms with Crippen molar-refractivity contribution in [1.29, 1.82) is 0 Å². The maximum atomic E-state index is 3.11. The minimum absolute atomic E-state index is 0. The molecule has 2 saturated carbocycles. The molecule has 2 heteroatoms. The summed E-state index contributed by atoms with van der Waals surface area (Å²) in [5, 5.41) is 0. The van der Waals surface area contributed by atoms with Gasteiger partial charge in [-0.1, -0.05) is 48.2 Å². The Labute approximate surface area is 201 Å². The first-order chi connectivity index (χ1) is 13.7. The topological polar surface area (TPSA) is 0 Å². The molecule has 0 amide bonds. The van der Waals surface area contributed by atoms with E-state index < -0.39 is 0 Å². The molecule has 4 rings (SSSR count). The van der Waals surface area contributed by atoms with Crippen LogP contribution in [0.4, 0.5) is 0 Å². The second kappa shape index (κ2) is 20.6. The van der Waals surface area contributed by atoms with E-state index >= 15 is 0 Å². The van der Waals surface area contributed by atoms with Crippen LogP contribution in [0.25, 0.3) is 0 Å². The third-order valence-electron chi connectivity index (χ3n) is 3.01. The maximum Gasteiger partial charge on any atom is 0.0249 e. The summed E-state index contributed by atoms with van der Waals surface area (Å²) >= 11 is 0. The van der Waals surface area contributed by atoms with Crippen molar-refractivity contribution < 1.29 is 26.2 Å². The first-order valence-corrected chi connectivity index (χ1v) is 11.9. The van der Waals surface area contributed by atoms with Crippen molar-refractivity contribution in [2.75, 3.05) is 20.0 Å². The number of hydrogen-bond donors (Lipinski definition) is 0. The molecule has 0 bridgehead atoms. The molecular formula is C27H29PZr. The van der Waals surface area contributed by atoms with Crippen LogP contribution in [0.5, 0.6) is 0 Å². The first kappa shape index (κ1) is 28.3. The third-order valence-corrected chi connectivity index (χ3v) is 3.01. The van der Waals surface area contributed by atoms with Crippen LogP contribution < -0.4 is 0 Å². The summed E-state index contributed by atoms with van der Waals surface area (Å²) < 4.78 is 0. The molecule has 0 aromatic heterocycles. The molecule has 0 heterocycles. The molecule has 29 heavy (non-hydrogen) atoms. The molecule has 0 atom stereocenters. The van der Waals surface area contributed by atoms with Crippen molar-refractivity contribution in [3.63, 3.8) is 0 Å². The van der Waals surface area contributed by atoms with Crippen LogP contribution in [0.15, 0.2) is 60.7 Å².